The maximum Gasteiger partial charge on any atom is 0.0594 e. The third-order valence-electron chi connectivity index (χ3n) is 3.07. The minimum absolute atomic E-state index is 0.823. The Morgan fingerprint density at radius 1 is 1.07 bits per heavy atom. The first-order chi connectivity index (χ1) is 6.88. The number of morpholine rings is 1. The van der Waals surface area contributed by atoms with E-state index < -0.39 is 0 Å². The SMILES string of the molecule is CCCC[C@H](CCC)N1CCOCC1. The maximum absolute atomic E-state index is 5.39. The van der Waals surface area contributed by atoms with Gasteiger partial charge in [-0.05, 0) is 12.8 Å². The molecule has 1 heterocycles. The molecule has 0 aromatic carbocycles. The van der Waals surface area contributed by atoms with Gasteiger partial charge in [-0.3, -0.25) is 4.90 Å². The van der Waals surface area contributed by atoms with Gasteiger partial charge >= 0.3 is 0 Å². The molecule has 0 aromatic heterocycles. The van der Waals surface area contributed by atoms with Crippen LogP contribution in [0.5, 0.6) is 0 Å². The Kier molecular flexibility index (Phi) is 6.20. The van der Waals surface area contributed by atoms with Gasteiger partial charge in [-0.25, -0.2) is 0 Å². The summed E-state index contributed by atoms with van der Waals surface area (Å²) in [6.07, 6.45) is 6.75. The van der Waals surface area contributed by atoms with Gasteiger partial charge in [0, 0.05) is 19.1 Å². The van der Waals surface area contributed by atoms with Crippen molar-refractivity contribution < 1.29 is 4.74 Å². The predicted octanol–water partition coefficient (Wildman–Crippen LogP) is 2.68. The van der Waals surface area contributed by atoms with Crippen LogP contribution in [-0.2, 0) is 4.74 Å². The van der Waals surface area contributed by atoms with Gasteiger partial charge in [-0.2, -0.15) is 0 Å². The molecule has 0 bridgehead atoms. The van der Waals surface area contributed by atoms with Crippen molar-refractivity contribution in [2.75, 3.05) is 26.3 Å². The van der Waals surface area contributed by atoms with E-state index in [1.54, 1.807) is 0 Å². The van der Waals surface area contributed by atoms with Crippen molar-refractivity contribution in [3.63, 3.8) is 0 Å². The summed E-state index contributed by atoms with van der Waals surface area (Å²) in [6, 6.07) is 0.823. The molecular weight excluding hydrogens is 174 g/mol. The Hall–Kier alpha value is -0.0800. The maximum atomic E-state index is 5.39. The van der Waals surface area contributed by atoms with Crippen LogP contribution in [0.4, 0.5) is 0 Å². The second kappa shape index (κ2) is 7.24. The number of hydrogen-bond donors (Lipinski definition) is 0. The Labute approximate surface area is 88.6 Å². The van der Waals surface area contributed by atoms with Gasteiger partial charge in [-0.15, -0.1) is 0 Å². The van der Waals surface area contributed by atoms with Crippen LogP contribution in [0.3, 0.4) is 0 Å². The van der Waals surface area contributed by atoms with E-state index in [0.717, 1.165) is 32.3 Å². The minimum Gasteiger partial charge on any atom is -0.379 e. The summed E-state index contributed by atoms with van der Waals surface area (Å²) < 4.78 is 5.39. The van der Waals surface area contributed by atoms with Crippen molar-refractivity contribution in [3.05, 3.63) is 0 Å². The monoisotopic (exact) mass is 199 g/mol. The highest BCUT2D eigenvalue weighted by molar-refractivity contribution is 4.73. The molecule has 0 N–H and O–H groups in total. The fourth-order valence-corrected chi connectivity index (χ4v) is 2.23. The standard InChI is InChI=1S/C12H25NO/c1-3-5-7-12(6-4-2)13-8-10-14-11-9-13/h12H,3-11H2,1-2H3/t12-/m0/s1. The van der Waals surface area contributed by atoms with Crippen molar-refractivity contribution in [2.24, 2.45) is 0 Å². The average molecular weight is 199 g/mol. The molecule has 1 aliphatic heterocycles. The van der Waals surface area contributed by atoms with E-state index >= 15 is 0 Å². The normalized spacial score (nSPS) is 21.0. The van der Waals surface area contributed by atoms with E-state index in [0.29, 0.717) is 0 Å². The first kappa shape index (κ1) is 12.0. The first-order valence-electron chi connectivity index (χ1n) is 6.20. The van der Waals surface area contributed by atoms with Crippen molar-refractivity contribution in [3.8, 4) is 0 Å². The van der Waals surface area contributed by atoms with E-state index in [9.17, 15) is 0 Å². The fourth-order valence-electron chi connectivity index (χ4n) is 2.23. The summed E-state index contributed by atoms with van der Waals surface area (Å²) in [6.45, 7) is 8.74. The van der Waals surface area contributed by atoms with Crippen molar-refractivity contribution in [1.82, 2.24) is 4.90 Å². The molecule has 0 saturated carbocycles. The number of ether oxygens (including phenoxy) is 1. The van der Waals surface area contributed by atoms with Crippen LogP contribution in [0.15, 0.2) is 0 Å². The zero-order chi connectivity index (χ0) is 10.2. The summed E-state index contributed by atoms with van der Waals surface area (Å²) in [5, 5.41) is 0. The first-order valence-corrected chi connectivity index (χ1v) is 6.20. The van der Waals surface area contributed by atoms with E-state index in [-0.39, 0.29) is 0 Å². The summed E-state index contributed by atoms with van der Waals surface area (Å²) >= 11 is 0. The van der Waals surface area contributed by atoms with Crippen LogP contribution in [-0.4, -0.2) is 37.2 Å². The smallest absolute Gasteiger partial charge is 0.0594 e. The lowest BCUT2D eigenvalue weighted by molar-refractivity contribution is 0.0123. The molecule has 1 saturated heterocycles. The highest BCUT2D eigenvalue weighted by atomic mass is 16.5. The molecular formula is C12H25NO. The molecule has 0 amide bonds. The third-order valence-corrected chi connectivity index (χ3v) is 3.07. The molecule has 2 nitrogen and oxygen atoms in total. The summed E-state index contributed by atoms with van der Waals surface area (Å²) in [4.78, 5) is 2.63. The molecule has 0 unspecified atom stereocenters. The molecule has 14 heavy (non-hydrogen) atoms. The lowest BCUT2D eigenvalue weighted by Gasteiger charge is -2.34. The van der Waals surface area contributed by atoms with Gasteiger partial charge in [0.1, 0.15) is 0 Å². The van der Waals surface area contributed by atoms with Gasteiger partial charge < -0.3 is 4.74 Å². The molecule has 0 aliphatic carbocycles. The number of rotatable bonds is 6. The molecule has 0 aromatic rings. The lowest BCUT2D eigenvalue weighted by atomic mass is 10.0. The van der Waals surface area contributed by atoms with Crippen LogP contribution >= 0.6 is 0 Å². The Bertz CT molecular complexity index is 132. The topological polar surface area (TPSA) is 12.5 Å². The van der Waals surface area contributed by atoms with Crippen molar-refractivity contribution >= 4 is 0 Å². The molecule has 0 radical (unpaired) electrons. The van der Waals surface area contributed by atoms with Gasteiger partial charge in [0.25, 0.3) is 0 Å². The van der Waals surface area contributed by atoms with Crippen LogP contribution in [0, 0.1) is 0 Å². The Morgan fingerprint density at radius 3 is 2.36 bits per heavy atom. The van der Waals surface area contributed by atoms with Crippen LogP contribution in [0.25, 0.3) is 0 Å². The zero-order valence-electron chi connectivity index (χ0n) is 9.80. The predicted molar refractivity (Wildman–Crippen MR) is 60.6 cm³/mol. The van der Waals surface area contributed by atoms with Gasteiger partial charge in [0.2, 0.25) is 0 Å². The quantitative estimate of drug-likeness (QED) is 0.652. The van der Waals surface area contributed by atoms with Gasteiger partial charge in [-0.1, -0.05) is 33.1 Å². The average Bonchev–Trinajstić information content (AvgIpc) is 2.25. The van der Waals surface area contributed by atoms with Gasteiger partial charge in [0.15, 0.2) is 0 Å². The molecule has 1 atom stereocenters. The van der Waals surface area contributed by atoms with Crippen LogP contribution in [0.1, 0.15) is 46.0 Å². The summed E-state index contributed by atoms with van der Waals surface area (Å²) in [7, 11) is 0. The lowest BCUT2D eigenvalue weighted by Crippen LogP contribution is -2.43. The number of unbranched alkanes of at least 4 members (excludes halogenated alkanes) is 1. The number of nitrogens with zero attached hydrogens (tertiary/aromatic N) is 1. The van der Waals surface area contributed by atoms with E-state index in [4.69, 9.17) is 4.74 Å². The van der Waals surface area contributed by atoms with Crippen molar-refractivity contribution in [1.29, 1.82) is 0 Å². The second-order valence-electron chi connectivity index (χ2n) is 4.23. The highest BCUT2D eigenvalue weighted by Gasteiger charge is 2.19. The molecule has 0 spiro atoms. The fraction of sp³-hybridized carbons (Fsp3) is 1.00. The van der Waals surface area contributed by atoms with Crippen LogP contribution in [0.2, 0.25) is 0 Å². The van der Waals surface area contributed by atoms with E-state index in [2.05, 4.69) is 18.7 Å². The largest absolute Gasteiger partial charge is 0.379 e. The van der Waals surface area contributed by atoms with E-state index in [1.165, 1.54) is 32.1 Å². The molecule has 2 heteroatoms. The number of hydrogen-bond acceptors (Lipinski definition) is 2. The zero-order valence-corrected chi connectivity index (χ0v) is 9.80. The second-order valence-corrected chi connectivity index (χ2v) is 4.23. The van der Waals surface area contributed by atoms with E-state index in [1.807, 2.05) is 0 Å². The minimum atomic E-state index is 0.823. The van der Waals surface area contributed by atoms with Crippen molar-refractivity contribution in [2.45, 2.75) is 52.0 Å². The van der Waals surface area contributed by atoms with Gasteiger partial charge in [0.05, 0.1) is 13.2 Å². The summed E-state index contributed by atoms with van der Waals surface area (Å²) in [5.41, 5.74) is 0. The molecule has 1 aliphatic rings. The Morgan fingerprint density at radius 2 is 1.79 bits per heavy atom. The third kappa shape index (κ3) is 3.97. The highest BCUT2D eigenvalue weighted by Crippen LogP contribution is 2.15. The van der Waals surface area contributed by atoms with Crippen LogP contribution < -0.4 is 0 Å². The molecule has 84 valence electrons. The summed E-state index contributed by atoms with van der Waals surface area (Å²) in [5.74, 6) is 0. The molecule has 1 rings (SSSR count). The molecule has 1 fully saturated rings. The Balaban J connectivity index is 2.30.